The van der Waals surface area contributed by atoms with E-state index in [1.165, 1.54) is 0 Å². The largest absolute Gasteiger partial charge is 0.370 e. The molecule has 96 valence electrons. The number of hydrogen-bond acceptors (Lipinski definition) is 3. The number of halogens is 1. The summed E-state index contributed by atoms with van der Waals surface area (Å²) in [4.78, 5) is 12.4. The molecule has 0 bridgehead atoms. The minimum atomic E-state index is -0.358. The van der Waals surface area contributed by atoms with Gasteiger partial charge in [0.15, 0.2) is 0 Å². The van der Waals surface area contributed by atoms with Gasteiger partial charge in [0.1, 0.15) is 11.8 Å². The number of aromatic nitrogens is 2. The summed E-state index contributed by atoms with van der Waals surface area (Å²) in [6, 6.07) is 0. The van der Waals surface area contributed by atoms with Gasteiger partial charge in [-0.05, 0) is 36.2 Å². The molecule has 17 heavy (non-hydrogen) atoms. The monoisotopic (exact) mass is 302 g/mol. The van der Waals surface area contributed by atoms with Crippen LogP contribution in [0.25, 0.3) is 0 Å². The maximum atomic E-state index is 12.4. The van der Waals surface area contributed by atoms with Crippen molar-refractivity contribution in [3.63, 3.8) is 0 Å². The van der Waals surface area contributed by atoms with E-state index in [2.05, 4.69) is 21.0 Å². The molecule has 0 saturated heterocycles. The molecule has 0 N–H and O–H groups in total. The van der Waals surface area contributed by atoms with Crippen LogP contribution >= 0.6 is 15.9 Å². The van der Waals surface area contributed by atoms with E-state index in [9.17, 15) is 4.79 Å². The second kappa shape index (κ2) is 6.91. The first-order chi connectivity index (χ1) is 8.15. The number of ether oxygens (including phenoxy) is 1. The third kappa shape index (κ3) is 3.39. The Balaban J connectivity index is 2.95. The van der Waals surface area contributed by atoms with Gasteiger partial charge in [-0.1, -0.05) is 13.3 Å². The Morgan fingerprint density at radius 1 is 1.53 bits per heavy atom. The first-order valence-corrected chi connectivity index (χ1v) is 6.82. The fourth-order valence-electron chi connectivity index (χ4n) is 1.75. The number of carbonyl (C=O) groups is 1. The number of rotatable bonds is 7. The van der Waals surface area contributed by atoms with Crippen molar-refractivity contribution in [3.05, 3.63) is 16.4 Å². The number of Topliss-reactive ketones (excluding diaryl/α,β-unsaturated/α-hetero) is 1. The SMILES string of the molecule is CCCC(OCC)C(=O)c1c(Br)cnn1CC. The summed E-state index contributed by atoms with van der Waals surface area (Å²) in [5, 5.41) is 4.15. The maximum Gasteiger partial charge on any atom is 0.210 e. The molecule has 0 fully saturated rings. The van der Waals surface area contributed by atoms with Crippen molar-refractivity contribution in [1.82, 2.24) is 9.78 Å². The lowest BCUT2D eigenvalue weighted by molar-refractivity contribution is 0.0413. The van der Waals surface area contributed by atoms with Crippen LogP contribution < -0.4 is 0 Å². The van der Waals surface area contributed by atoms with Crippen LogP contribution in [-0.4, -0.2) is 28.3 Å². The van der Waals surface area contributed by atoms with Crippen LogP contribution in [0.1, 0.15) is 44.1 Å². The van der Waals surface area contributed by atoms with Gasteiger partial charge < -0.3 is 4.74 Å². The second-order valence-corrected chi connectivity index (χ2v) is 4.61. The number of nitrogens with zero attached hydrogens (tertiary/aromatic N) is 2. The maximum absolute atomic E-state index is 12.4. The van der Waals surface area contributed by atoms with E-state index in [1.807, 2.05) is 20.8 Å². The number of carbonyl (C=O) groups excluding carboxylic acids is 1. The molecule has 0 aromatic carbocycles. The van der Waals surface area contributed by atoms with E-state index >= 15 is 0 Å². The molecular formula is C12H19BrN2O2. The molecule has 1 aromatic rings. The summed E-state index contributed by atoms with van der Waals surface area (Å²) in [6.07, 6.45) is 2.97. The minimum absolute atomic E-state index is 0.0138. The predicted octanol–water partition coefficient (Wildman–Crippen LogP) is 3.05. The lowest BCUT2D eigenvalue weighted by Gasteiger charge is -2.15. The van der Waals surface area contributed by atoms with Crippen molar-refractivity contribution in [2.45, 2.75) is 46.3 Å². The first-order valence-electron chi connectivity index (χ1n) is 6.02. The Labute approximate surface area is 110 Å². The van der Waals surface area contributed by atoms with Crippen molar-refractivity contribution < 1.29 is 9.53 Å². The lowest BCUT2D eigenvalue weighted by atomic mass is 10.1. The van der Waals surface area contributed by atoms with E-state index in [0.717, 1.165) is 17.3 Å². The summed E-state index contributed by atoms with van der Waals surface area (Å²) in [5.74, 6) is 0.0138. The van der Waals surface area contributed by atoms with Gasteiger partial charge in [0.2, 0.25) is 5.78 Å². The van der Waals surface area contributed by atoms with Crippen molar-refractivity contribution in [2.24, 2.45) is 0 Å². The van der Waals surface area contributed by atoms with Gasteiger partial charge in [-0.25, -0.2) is 0 Å². The van der Waals surface area contributed by atoms with E-state index in [1.54, 1.807) is 10.9 Å². The Kier molecular flexibility index (Phi) is 5.85. The zero-order chi connectivity index (χ0) is 12.8. The first kappa shape index (κ1) is 14.4. The van der Waals surface area contributed by atoms with Crippen LogP contribution in [0.3, 0.4) is 0 Å². The number of ketones is 1. The highest BCUT2D eigenvalue weighted by Gasteiger charge is 2.25. The third-order valence-corrected chi connectivity index (χ3v) is 3.12. The zero-order valence-corrected chi connectivity index (χ0v) is 12.2. The Morgan fingerprint density at radius 3 is 2.76 bits per heavy atom. The van der Waals surface area contributed by atoms with Crippen LogP contribution in [0.15, 0.2) is 10.7 Å². The summed E-state index contributed by atoms with van der Waals surface area (Å²) < 4.78 is 7.95. The van der Waals surface area contributed by atoms with E-state index in [0.29, 0.717) is 18.8 Å². The molecule has 0 amide bonds. The van der Waals surface area contributed by atoms with Crippen LogP contribution in [-0.2, 0) is 11.3 Å². The summed E-state index contributed by atoms with van der Waals surface area (Å²) in [6.45, 7) is 7.14. The molecule has 1 atom stereocenters. The highest BCUT2D eigenvalue weighted by Crippen LogP contribution is 2.20. The topological polar surface area (TPSA) is 44.1 Å². The molecule has 0 aliphatic rings. The molecule has 1 aromatic heterocycles. The molecule has 5 heteroatoms. The molecular weight excluding hydrogens is 284 g/mol. The molecule has 1 unspecified atom stereocenters. The van der Waals surface area contributed by atoms with Crippen molar-refractivity contribution in [1.29, 1.82) is 0 Å². The molecule has 0 spiro atoms. The fraction of sp³-hybridized carbons (Fsp3) is 0.667. The second-order valence-electron chi connectivity index (χ2n) is 3.75. The predicted molar refractivity (Wildman–Crippen MR) is 70.3 cm³/mol. The summed E-state index contributed by atoms with van der Waals surface area (Å²) in [7, 11) is 0. The summed E-state index contributed by atoms with van der Waals surface area (Å²) in [5.41, 5.74) is 0.611. The van der Waals surface area contributed by atoms with Crippen LogP contribution in [0.5, 0.6) is 0 Å². The number of hydrogen-bond donors (Lipinski definition) is 0. The average Bonchev–Trinajstić information content (AvgIpc) is 2.69. The van der Waals surface area contributed by atoms with E-state index in [4.69, 9.17) is 4.74 Å². The molecule has 1 heterocycles. The Hall–Kier alpha value is -0.680. The zero-order valence-electron chi connectivity index (χ0n) is 10.6. The highest BCUT2D eigenvalue weighted by atomic mass is 79.9. The van der Waals surface area contributed by atoms with Crippen molar-refractivity contribution >= 4 is 21.7 Å². The smallest absolute Gasteiger partial charge is 0.210 e. The Bertz CT molecular complexity index is 371. The quantitative estimate of drug-likeness (QED) is 0.727. The normalized spacial score (nSPS) is 12.7. The van der Waals surface area contributed by atoms with Crippen LogP contribution in [0.4, 0.5) is 0 Å². The minimum Gasteiger partial charge on any atom is -0.370 e. The van der Waals surface area contributed by atoms with E-state index in [-0.39, 0.29) is 11.9 Å². The van der Waals surface area contributed by atoms with Crippen LogP contribution in [0, 0.1) is 0 Å². The fourth-order valence-corrected chi connectivity index (χ4v) is 2.24. The lowest BCUT2D eigenvalue weighted by Crippen LogP contribution is -2.27. The van der Waals surface area contributed by atoms with E-state index < -0.39 is 0 Å². The molecule has 0 saturated carbocycles. The summed E-state index contributed by atoms with van der Waals surface area (Å²) >= 11 is 3.37. The van der Waals surface area contributed by atoms with Gasteiger partial charge >= 0.3 is 0 Å². The van der Waals surface area contributed by atoms with Gasteiger partial charge in [0.05, 0.1) is 10.7 Å². The number of aryl methyl sites for hydroxylation is 1. The standard InChI is InChI=1S/C12H19BrN2O2/c1-4-7-10(17-6-3)12(16)11-9(13)8-14-15(11)5-2/h8,10H,4-7H2,1-3H3. The van der Waals surface area contributed by atoms with Crippen LogP contribution in [0.2, 0.25) is 0 Å². The van der Waals surface area contributed by atoms with Crippen molar-refractivity contribution in [2.75, 3.05) is 6.61 Å². The molecule has 0 radical (unpaired) electrons. The molecule has 4 nitrogen and oxygen atoms in total. The molecule has 1 rings (SSSR count). The van der Waals surface area contributed by atoms with Gasteiger partial charge in [0.25, 0.3) is 0 Å². The van der Waals surface area contributed by atoms with Gasteiger partial charge in [-0.3, -0.25) is 9.48 Å². The van der Waals surface area contributed by atoms with Gasteiger partial charge in [-0.15, -0.1) is 0 Å². The average molecular weight is 303 g/mol. The van der Waals surface area contributed by atoms with Crippen molar-refractivity contribution in [3.8, 4) is 0 Å². The third-order valence-electron chi connectivity index (χ3n) is 2.54. The van der Waals surface area contributed by atoms with Gasteiger partial charge in [-0.2, -0.15) is 5.10 Å². The highest BCUT2D eigenvalue weighted by molar-refractivity contribution is 9.10. The molecule has 0 aliphatic heterocycles. The molecule has 0 aliphatic carbocycles. The Morgan fingerprint density at radius 2 is 2.24 bits per heavy atom. The van der Waals surface area contributed by atoms with Gasteiger partial charge in [0, 0.05) is 13.2 Å².